The predicted molar refractivity (Wildman–Crippen MR) is 70.3 cm³/mol. The van der Waals surface area contributed by atoms with Crippen molar-refractivity contribution in [3.8, 4) is 0 Å². The number of carbonyl (C=O) groups excluding carboxylic acids is 1. The highest BCUT2D eigenvalue weighted by molar-refractivity contribution is 5.74. The summed E-state index contributed by atoms with van der Waals surface area (Å²) in [5, 5.41) is 2.94. The van der Waals surface area contributed by atoms with Gasteiger partial charge in [-0.1, -0.05) is 0 Å². The van der Waals surface area contributed by atoms with E-state index in [0.29, 0.717) is 6.54 Å². The molecule has 0 spiro atoms. The normalized spacial score (nSPS) is 10.4. The zero-order valence-electron chi connectivity index (χ0n) is 11.3. The molecule has 4 heteroatoms. The van der Waals surface area contributed by atoms with Crippen LogP contribution in [0.5, 0.6) is 0 Å². The number of hydrogen-bond donors (Lipinski definition) is 2. The molecule has 0 saturated carbocycles. The Hall–Kier alpha value is -1.45. The number of nitrogens with one attached hydrogen (secondary N) is 2. The maximum absolute atomic E-state index is 11.7. The first kappa shape index (κ1) is 13.6. The second kappa shape index (κ2) is 6.33. The van der Waals surface area contributed by atoms with Crippen molar-refractivity contribution in [3.63, 3.8) is 0 Å². The number of H-pyrrole nitrogens is 1. The van der Waals surface area contributed by atoms with E-state index < -0.39 is 0 Å². The number of nitrogens with zero attached hydrogens (tertiary/aromatic N) is 1. The largest absolute Gasteiger partial charge is 0.362 e. The second-order valence-electron chi connectivity index (χ2n) is 4.26. The van der Waals surface area contributed by atoms with Crippen molar-refractivity contribution in [2.24, 2.45) is 0 Å². The minimum Gasteiger partial charge on any atom is -0.362 e. The fourth-order valence-corrected chi connectivity index (χ4v) is 1.97. The van der Waals surface area contributed by atoms with Crippen LogP contribution >= 0.6 is 0 Å². The number of amides is 2. The van der Waals surface area contributed by atoms with Gasteiger partial charge in [-0.2, -0.15) is 0 Å². The summed E-state index contributed by atoms with van der Waals surface area (Å²) in [6, 6.07) is 2.17. The van der Waals surface area contributed by atoms with E-state index in [4.69, 9.17) is 0 Å². The molecule has 4 nitrogen and oxygen atoms in total. The third kappa shape index (κ3) is 3.80. The minimum absolute atomic E-state index is 0.0277. The van der Waals surface area contributed by atoms with Crippen LogP contribution in [-0.4, -0.2) is 35.5 Å². The number of aryl methyl sites for hydroxylation is 2. The molecule has 0 aromatic carbocycles. The molecule has 0 aliphatic carbocycles. The van der Waals surface area contributed by atoms with Gasteiger partial charge in [0.15, 0.2) is 0 Å². The van der Waals surface area contributed by atoms with Gasteiger partial charge in [-0.25, -0.2) is 4.79 Å². The molecule has 1 rings (SSSR count). The highest BCUT2D eigenvalue weighted by Gasteiger charge is 2.08. The molecule has 0 bridgehead atoms. The van der Waals surface area contributed by atoms with Crippen LogP contribution in [0.3, 0.4) is 0 Å². The average Bonchev–Trinajstić information content (AvgIpc) is 2.59. The van der Waals surface area contributed by atoms with Crippen LogP contribution in [0.1, 0.15) is 30.8 Å². The first-order valence-electron chi connectivity index (χ1n) is 6.26. The topological polar surface area (TPSA) is 48.1 Å². The Morgan fingerprint density at radius 1 is 1.35 bits per heavy atom. The highest BCUT2D eigenvalue weighted by atomic mass is 16.2. The molecule has 0 unspecified atom stereocenters. The van der Waals surface area contributed by atoms with Crippen LogP contribution in [0, 0.1) is 13.8 Å². The Morgan fingerprint density at radius 2 is 2.00 bits per heavy atom. The molecule has 1 heterocycles. The second-order valence-corrected chi connectivity index (χ2v) is 4.26. The number of aromatic amines is 1. The van der Waals surface area contributed by atoms with Crippen LogP contribution < -0.4 is 5.32 Å². The molecule has 0 atom stereocenters. The van der Waals surface area contributed by atoms with E-state index in [9.17, 15) is 4.79 Å². The maximum Gasteiger partial charge on any atom is 0.317 e. The van der Waals surface area contributed by atoms with Crippen molar-refractivity contribution < 1.29 is 4.79 Å². The van der Waals surface area contributed by atoms with Crippen molar-refractivity contribution in [1.29, 1.82) is 0 Å². The first-order chi connectivity index (χ1) is 8.08. The molecular formula is C13H23N3O. The lowest BCUT2D eigenvalue weighted by Gasteiger charge is -2.19. The molecule has 96 valence electrons. The van der Waals surface area contributed by atoms with Gasteiger partial charge in [0, 0.05) is 31.0 Å². The van der Waals surface area contributed by atoms with Gasteiger partial charge in [-0.3, -0.25) is 0 Å². The van der Waals surface area contributed by atoms with Gasteiger partial charge in [0.25, 0.3) is 0 Å². The smallest absolute Gasteiger partial charge is 0.317 e. The standard InChI is InChI=1S/C13H23N3O/c1-5-16(6-2)13(17)14-8-7-12-9-10(3)15-11(12)4/h9,15H,5-8H2,1-4H3,(H,14,17). The third-order valence-electron chi connectivity index (χ3n) is 2.98. The number of urea groups is 1. The third-order valence-corrected chi connectivity index (χ3v) is 2.98. The van der Waals surface area contributed by atoms with Gasteiger partial charge < -0.3 is 15.2 Å². The van der Waals surface area contributed by atoms with Gasteiger partial charge in [0.1, 0.15) is 0 Å². The Bertz CT molecular complexity index is 367. The van der Waals surface area contributed by atoms with E-state index >= 15 is 0 Å². The first-order valence-corrected chi connectivity index (χ1v) is 6.26. The number of aromatic nitrogens is 1. The van der Waals surface area contributed by atoms with Gasteiger partial charge in [0.05, 0.1) is 0 Å². The van der Waals surface area contributed by atoms with E-state index in [0.717, 1.165) is 19.5 Å². The summed E-state index contributed by atoms with van der Waals surface area (Å²) in [6.45, 7) is 10.3. The molecule has 1 aromatic heterocycles. The van der Waals surface area contributed by atoms with Gasteiger partial charge in [-0.15, -0.1) is 0 Å². The molecule has 17 heavy (non-hydrogen) atoms. The molecule has 2 N–H and O–H groups in total. The van der Waals surface area contributed by atoms with Crippen molar-refractivity contribution in [1.82, 2.24) is 15.2 Å². The Kier molecular flexibility index (Phi) is 5.07. The summed E-state index contributed by atoms with van der Waals surface area (Å²) in [5.41, 5.74) is 3.65. The molecule has 0 radical (unpaired) electrons. The molecule has 1 aromatic rings. The average molecular weight is 237 g/mol. The fraction of sp³-hybridized carbons (Fsp3) is 0.615. The van der Waals surface area contributed by atoms with Crippen molar-refractivity contribution >= 4 is 6.03 Å². The minimum atomic E-state index is 0.0277. The lowest BCUT2D eigenvalue weighted by Crippen LogP contribution is -2.40. The van der Waals surface area contributed by atoms with Crippen LogP contribution in [-0.2, 0) is 6.42 Å². The van der Waals surface area contributed by atoms with Crippen LogP contribution in [0.2, 0.25) is 0 Å². The van der Waals surface area contributed by atoms with Crippen LogP contribution in [0.4, 0.5) is 4.79 Å². The van der Waals surface area contributed by atoms with Crippen molar-refractivity contribution in [3.05, 3.63) is 23.0 Å². The van der Waals surface area contributed by atoms with E-state index in [1.807, 2.05) is 20.8 Å². The fourth-order valence-electron chi connectivity index (χ4n) is 1.97. The lowest BCUT2D eigenvalue weighted by molar-refractivity contribution is 0.203. The van der Waals surface area contributed by atoms with Crippen molar-refractivity contribution in [2.45, 2.75) is 34.1 Å². The Balaban J connectivity index is 2.37. The summed E-state index contributed by atoms with van der Waals surface area (Å²) in [6.07, 6.45) is 0.878. The van der Waals surface area contributed by atoms with E-state index in [1.54, 1.807) is 4.90 Å². The van der Waals surface area contributed by atoms with Crippen molar-refractivity contribution in [2.75, 3.05) is 19.6 Å². The zero-order valence-corrected chi connectivity index (χ0v) is 11.3. The molecule has 0 aliphatic rings. The molecule has 2 amide bonds. The summed E-state index contributed by atoms with van der Waals surface area (Å²) in [7, 11) is 0. The van der Waals surface area contributed by atoms with Crippen LogP contribution in [0.15, 0.2) is 6.07 Å². The van der Waals surface area contributed by atoms with Gasteiger partial charge in [0.2, 0.25) is 0 Å². The number of carbonyl (C=O) groups is 1. The summed E-state index contributed by atoms with van der Waals surface area (Å²) >= 11 is 0. The summed E-state index contributed by atoms with van der Waals surface area (Å²) < 4.78 is 0. The summed E-state index contributed by atoms with van der Waals surface area (Å²) in [5.74, 6) is 0. The molecular weight excluding hydrogens is 214 g/mol. The van der Waals surface area contributed by atoms with Gasteiger partial charge in [-0.05, 0) is 45.7 Å². The molecule has 0 aliphatic heterocycles. The highest BCUT2D eigenvalue weighted by Crippen LogP contribution is 2.09. The quantitative estimate of drug-likeness (QED) is 0.810. The number of hydrogen-bond acceptors (Lipinski definition) is 1. The van der Waals surface area contributed by atoms with E-state index in [-0.39, 0.29) is 6.03 Å². The zero-order chi connectivity index (χ0) is 12.8. The maximum atomic E-state index is 11.7. The summed E-state index contributed by atoms with van der Waals surface area (Å²) in [4.78, 5) is 16.7. The Morgan fingerprint density at radius 3 is 2.47 bits per heavy atom. The predicted octanol–water partition coefficient (Wildman–Crippen LogP) is 2.23. The van der Waals surface area contributed by atoms with Gasteiger partial charge >= 0.3 is 6.03 Å². The SMILES string of the molecule is CCN(CC)C(=O)NCCc1cc(C)[nH]c1C. The molecule has 0 saturated heterocycles. The molecule has 0 fully saturated rings. The Labute approximate surface area is 103 Å². The van der Waals surface area contributed by atoms with E-state index in [2.05, 4.69) is 23.3 Å². The van der Waals surface area contributed by atoms with Crippen LogP contribution in [0.25, 0.3) is 0 Å². The lowest BCUT2D eigenvalue weighted by atomic mass is 10.2. The monoisotopic (exact) mass is 237 g/mol. The van der Waals surface area contributed by atoms with E-state index in [1.165, 1.54) is 17.0 Å². The number of rotatable bonds is 5.